The predicted octanol–water partition coefficient (Wildman–Crippen LogP) is 1.68. The Labute approximate surface area is 110 Å². The molecule has 1 saturated carbocycles. The van der Waals surface area contributed by atoms with Crippen molar-refractivity contribution in [3.05, 3.63) is 23.9 Å². The number of rotatable bonds is 5. The van der Waals surface area contributed by atoms with Gasteiger partial charge in [0.1, 0.15) is 11.4 Å². The lowest BCUT2D eigenvalue weighted by Gasteiger charge is -2.39. The maximum absolute atomic E-state index is 11.9. The lowest BCUT2D eigenvalue weighted by Crippen LogP contribution is -2.42. The van der Waals surface area contributed by atoms with E-state index in [1.165, 1.54) is 18.3 Å². The van der Waals surface area contributed by atoms with E-state index in [-0.39, 0.29) is 29.3 Å². The number of nitrogens with zero attached hydrogens (tertiary/aromatic N) is 1. The largest absolute Gasteiger partial charge is 0.478 e. The first kappa shape index (κ1) is 13.5. The molecule has 1 aliphatic carbocycles. The smallest absolute Gasteiger partial charge is 0.339 e. The first-order chi connectivity index (χ1) is 9.06. The highest BCUT2D eigenvalue weighted by atomic mass is 16.5. The second-order valence-electron chi connectivity index (χ2n) is 4.67. The highest BCUT2D eigenvalue weighted by molar-refractivity contribution is 5.99. The van der Waals surface area contributed by atoms with Gasteiger partial charge in [0.25, 0.3) is 0 Å². The maximum atomic E-state index is 11.9. The Morgan fingerprint density at radius 3 is 2.79 bits per heavy atom. The Balaban J connectivity index is 2.05. The Morgan fingerprint density at radius 1 is 1.53 bits per heavy atom. The van der Waals surface area contributed by atoms with Crippen LogP contribution in [0.2, 0.25) is 0 Å². The van der Waals surface area contributed by atoms with Gasteiger partial charge in [0, 0.05) is 13.3 Å². The lowest BCUT2D eigenvalue weighted by molar-refractivity contribution is -0.129. The van der Waals surface area contributed by atoms with Gasteiger partial charge in [0.15, 0.2) is 0 Å². The number of carbonyl (C=O) groups excluding carboxylic acids is 1. The third kappa shape index (κ3) is 2.90. The molecule has 0 radical (unpaired) electrons. The van der Waals surface area contributed by atoms with Crippen LogP contribution in [0, 0.1) is 0 Å². The van der Waals surface area contributed by atoms with E-state index in [1.807, 2.05) is 0 Å². The molecule has 6 nitrogen and oxygen atoms in total. The first-order valence-electron chi connectivity index (χ1n) is 6.10. The van der Waals surface area contributed by atoms with Crippen LogP contribution in [-0.4, -0.2) is 34.7 Å². The summed E-state index contributed by atoms with van der Waals surface area (Å²) in [5.41, 5.74) is -0.404. The normalized spacial score (nSPS) is 16.5. The van der Waals surface area contributed by atoms with Crippen LogP contribution in [0.15, 0.2) is 18.3 Å². The molecule has 0 spiro atoms. The van der Waals surface area contributed by atoms with Crippen molar-refractivity contribution in [2.24, 2.45) is 0 Å². The highest BCUT2D eigenvalue weighted by Crippen LogP contribution is 2.38. The average molecular weight is 264 g/mol. The zero-order chi connectivity index (χ0) is 13.9. The monoisotopic (exact) mass is 264 g/mol. The zero-order valence-electron chi connectivity index (χ0n) is 10.7. The molecular weight excluding hydrogens is 248 g/mol. The molecule has 0 saturated heterocycles. The molecule has 102 valence electrons. The quantitative estimate of drug-likeness (QED) is 0.844. The van der Waals surface area contributed by atoms with Gasteiger partial charge in [-0.15, -0.1) is 0 Å². The Kier molecular flexibility index (Phi) is 3.80. The minimum atomic E-state index is -1.12. The van der Waals surface area contributed by atoms with Gasteiger partial charge < -0.3 is 15.2 Å². The molecule has 0 aromatic carbocycles. The van der Waals surface area contributed by atoms with Crippen LogP contribution in [0.25, 0.3) is 0 Å². The van der Waals surface area contributed by atoms with Crippen molar-refractivity contribution in [1.82, 2.24) is 4.98 Å². The molecule has 1 heterocycles. The molecule has 19 heavy (non-hydrogen) atoms. The van der Waals surface area contributed by atoms with Crippen molar-refractivity contribution in [3.63, 3.8) is 0 Å². The third-order valence-electron chi connectivity index (χ3n) is 3.48. The van der Waals surface area contributed by atoms with Gasteiger partial charge in [-0.05, 0) is 31.4 Å². The summed E-state index contributed by atoms with van der Waals surface area (Å²) in [5.74, 6) is -1.32. The fraction of sp³-hybridized carbons (Fsp3) is 0.462. The number of pyridine rings is 1. The van der Waals surface area contributed by atoms with E-state index in [9.17, 15) is 9.59 Å². The molecule has 1 aromatic heterocycles. The van der Waals surface area contributed by atoms with Crippen LogP contribution in [0.3, 0.4) is 0 Å². The summed E-state index contributed by atoms with van der Waals surface area (Å²) in [6, 6.07) is 2.92. The minimum absolute atomic E-state index is 0.0177. The van der Waals surface area contributed by atoms with Crippen molar-refractivity contribution in [3.8, 4) is 0 Å². The molecule has 0 unspecified atom stereocenters. The van der Waals surface area contributed by atoms with E-state index in [0.717, 1.165) is 19.3 Å². The van der Waals surface area contributed by atoms with Gasteiger partial charge in [0.2, 0.25) is 5.91 Å². The zero-order valence-corrected chi connectivity index (χ0v) is 10.7. The number of nitrogens with one attached hydrogen (secondary N) is 1. The fourth-order valence-corrected chi connectivity index (χ4v) is 2.17. The molecule has 2 rings (SSSR count). The van der Waals surface area contributed by atoms with E-state index in [0.29, 0.717) is 0 Å². The number of hydrogen-bond donors (Lipinski definition) is 2. The molecule has 0 atom stereocenters. The van der Waals surface area contributed by atoms with Crippen molar-refractivity contribution in [2.75, 3.05) is 12.4 Å². The summed E-state index contributed by atoms with van der Waals surface area (Å²) in [4.78, 5) is 26.8. The second-order valence-corrected chi connectivity index (χ2v) is 4.67. The maximum Gasteiger partial charge on any atom is 0.339 e. The van der Waals surface area contributed by atoms with Crippen molar-refractivity contribution < 1.29 is 19.4 Å². The number of carbonyl (C=O) groups is 2. The number of carboxylic acids is 1. The Hall–Kier alpha value is -1.95. The SMILES string of the molecule is COC1(CC(=O)Nc2ncccc2C(=O)O)CCC1. The Morgan fingerprint density at radius 2 is 2.26 bits per heavy atom. The summed E-state index contributed by atoms with van der Waals surface area (Å²) in [7, 11) is 1.59. The molecule has 1 amide bonds. The Bertz CT molecular complexity index is 492. The van der Waals surface area contributed by atoms with Crippen LogP contribution < -0.4 is 5.32 Å². The molecule has 6 heteroatoms. The van der Waals surface area contributed by atoms with Gasteiger partial charge in [-0.25, -0.2) is 9.78 Å². The molecule has 2 N–H and O–H groups in total. The summed E-state index contributed by atoms with van der Waals surface area (Å²) in [5, 5.41) is 11.5. The summed E-state index contributed by atoms with van der Waals surface area (Å²) >= 11 is 0. The van der Waals surface area contributed by atoms with Crippen molar-refractivity contribution in [2.45, 2.75) is 31.3 Å². The van der Waals surface area contributed by atoms with Gasteiger partial charge in [-0.3, -0.25) is 4.79 Å². The lowest BCUT2D eigenvalue weighted by atomic mass is 9.77. The average Bonchev–Trinajstić information content (AvgIpc) is 2.34. The number of aromatic carboxylic acids is 1. The number of anilines is 1. The fourth-order valence-electron chi connectivity index (χ4n) is 2.17. The molecule has 1 aliphatic rings. The van der Waals surface area contributed by atoms with Gasteiger partial charge in [-0.2, -0.15) is 0 Å². The van der Waals surface area contributed by atoms with Crippen LogP contribution in [0.1, 0.15) is 36.0 Å². The van der Waals surface area contributed by atoms with Crippen molar-refractivity contribution >= 4 is 17.7 Å². The van der Waals surface area contributed by atoms with E-state index in [2.05, 4.69) is 10.3 Å². The molecule has 0 bridgehead atoms. The van der Waals surface area contributed by atoms with Gasteiger partial charge >= 0.3 is 5.97 Å². The topological polar surface area (TPSA) is 88.5 Å². The molecule has 1 fully saturated rings. The van der Waals surface area contributed by atoms with Crippen LogP contribution in [0.5, 0.6) is 0 Å². The van der Waals surface area contributed by atoms with Crippen LogP contribution in [-0.2, 0) is 9.53 Å². The number of aromatic nitrogens is 1. The summed E-state index contributed by atoms with van der Waals surface area (Å²) in [6.07, 6.45) is 4.41. The number of methoxy groups -OCH3 is 1. The second kappa shape index (κ2) is 5.36. The summed E-state index contributed by atoms with van der Waals surface area (Å²) < 4.78 is 5.36. The number of ether oxygens (including phenoxy) is 1. The highest BCUT2D eigenvalue weighted by Gasteiger charge is 2.39. The predicted molar refractivity (Wildman–Crippen MR) is 68.0 cm³/mol. The van der Waals surface area contributed by atoms with E-state index in [4.69, 9.17) is 9.84 Å². The first-order valence-corrected chi connectivity index (χ1v) is 6.10. The van der Waals surface area contributed by atoms with Gasteiger partial charge in [0.05, 0.1) is 12.0 Å². The van der Waals surface area contributed by atoms with Crippen LogP contribution in [0.4, 0.5) is 5.82 Å². The molecular formula is C13H16N2O4. The van der Waals surface area contributed by atoms with E-state index in [1.54, 1.807) is 7.11 Å². The standard InChI is InChI=1S/C13H16N2O4/c1-19-13(5-3-6-13)8-10(16)15-11-9(12(17)18)4-2-7-14-11/h2,4,7H,3,5-6,8H2,1H3,(H,17,18)(H,14,15,16). The third-order valence-corrected chi connectivity index (χ3v) is 3.48. The minimum Gasteiger partial charge on any atom is -0.478 e. The van der Waals surface area contributed by atoms with E-state index < -0.39 is 5.97 Å². The van der Waals surface area contributed by atoms with Gasteiger partial charge in [-0.1, -0.05) is 0 Å². The number of carboxylic acid groups (broad SMARTS) is 1. The number of hydrogen-bond acceptors (Lipinski definition) is 4. The number of amides is 1. The molecule has 1 aromatic rings. The van der Waals surface area contributed by atoms with Crippen molar-refractivity contribution in [1.29, 1.82) is 0 Å². The van der Waals surface area contributed by atoms with Crippen LogP contribution >= 0.6 is 0 Å². The molecule has 0 aliphatic heterocycles. The summed E-state index contributed by atoms with van der Waals surface area (Å²) in [6.45, 7) is 0. The van der Waals surface area contributed by atoms with E-state index >= 15 is 0 Å².